The average molecular weight is 260 g/mol. The van der Waals surface area contributed by atoms with Gasteiger partial charge in [0.2, 0.25) is 5.78 Å². The molecule has 5 nitrogen and oxygen atoms in total. The first-order chi connectivity index (χ1) is 9.00. The molecular weight excluding hydrogens is 248 g/mol. The zero-order chi connectivity index (χ0) is 13.7. The van der Waals surface area contributed by atoms with E-state index in [4.69, 9.17) is 4.74 Å². The van der Waals surface area contributed by atoms with Gasteiger partial charge in [0.05, 0.1) is 17.2 Å². The Morgan fingerprint density at radius 2 is 2.05 bits per heavy atom. The second-order valence-electron chi connectivity index (χ2n) is 4.77. The van der Waals surface area contributed by atoms with Gasteiger partial charge < -0.3 is 14.9 Å². The number of fused-ring (bicyclic) bond motifs is 1. The normalized spacial score (nSPS) is 22.9. The average Bonchev–Trinajstić information content (AvgIpc) is 2.81. The molecule has 1 aliphatic carbocycles. The van der Waals surface area contributed by atoms with Crippen LogP contribution >= 0.6 is 0 Å². The highest BCUT2D eigenvalue weighted by Crippen LogP contribution is 2.39. The van der Waals surface area contributed by atoms with E-state index in [2.05, 4.69) is 0 Å². The van der Waals surface area contributed by atoms with Crippen molar-refractivity contribution >= 4 is 11.6 Å². The van der Waals surface area contributed by atoms with Crippen LogP contribution in [0.15, 0.2) is 29.5 Å². The van der Waals surface area contributed by atoms with Crippen LogP contribution in [0, 0.1) is 0 Å². The number of benzene rings is 1. The van der Waals surface area contributed by atoms with E-state index < -0.39 is 18.0 Å². The number of carbonyl (C=O) groups is 2. The first-order valence-electron chi connectivity index (χ1n) is 6.00. The summed E-state index contributed by atoms with van der Waals surface area (Å²) < 4.78 is 5.37. The lowest BCUT2D eigenvalue weighted by Gasteiger charge is -2.17. The Labute approximate surface area is 109 Å². The molecular formula is C14H12O5. The Kier molecular flexibility index (Phi) is 2.46. The first-order valence-corrected chi connectivity index (χ1v) is 6.00. The fourth-order valence-electron chi connectivity index (χ4n) is 2.46. The van der Waals surface area contributed by atoms with Crippen LogP contribution < -0.4 is 0 Å². The summed E-state index contributed by atoms with van der Waals surface area (Å²) in [6.07, 6.45) is -1.15. The predicted octanol–water partition coefficient (Wildman–Crippen LogP) is 1.19. The monoisotopic (exact) mass is 260 g/mol. The van der Waals surface area contributed by atoms with Crippen molar-refractivity contribution in [1.82, 2.24) is 0 Å². The highest BCUT2D eigenvalue weighted by atomic mass is 16.5. The number of hydrogen-bond donors (Lipinski definition) is 2. The van der Waals surface area contributed by atoms with Crippen molar-refractivity contribution in [2.75, 3.05) is 0 Å². The summed E-state index contributed by atoms with van der Waals surface area (Å²) >= 11 is 0. The lowest BCUT2D eigenvalue weighted by molar-refractivity contribution is 0.0217. The van der Waals surface area contributed by atoms with Crippen molar-refractivity contribution in [3.8, 4) is 5.75 Å². The SMILES string of the molecule is C[C@H](O)[C@H]1CC2=C(O1)C(=O)c1c(O)cccc1C2=O. The molecule has 0 saturated carbocycles. The summed E-state index contributed by atoms with van der Waals surface area (Å²) in [5.74, 6) is -1.08. The largest absolute Gasteiger partial charge is 0.507 e. The molecule has 0 radical (unpaired) electrons. The van der Waals surface area contributed by atoms with Crippen LogP contribution in [0.3, 0.4) is 0 Å². The molecule has 1 aromatic carbocycles. The van der Waals surface area contributed by atoms with Gasteiger partial charge in [-0.3, -0.25) is 9.59 Å². The maximum absolute atomic E-state index is 12.3. The molecule has 2 N–H and O–H groups in total. The van der Waals surface area contributed by atoms with Crippen LogP contribution in [0.4, 0.5) is 0 Å². The van der Waals surface area contributed by atoms with Gasteiger partial charge in [-0.1, -0.05) is 12.1 Å². The lowest BCUT2D eigenvalue weighted by atomic mass is 9.86. The fourth-order valence-corrected chi connectivity index (χ4v) is 2.46. The molecule has 0 bridgehead atoms. The zero-order valence-corrected chi connectivity index (χ0v) is 10.2. The number of ketones is 2. The molecule has 0 aromatic heterocycles. The van der Waals surface area contributed by atoms with E-state index in [1.165, 1.54) is 18.2 Å². The van der Waals surface area contributed by atoms with Crippen molar-refractivity contribution in [2.45, 2.75) is 25.6 Å². The Morgan fingerprint density at radius 3 is 2.74 bits per heavy atom. The summed E-state index contributed by atoms with van der Waals surface area (Å²) in [7, 11) is 0. The van der Waals surface area contributed by atoms with Gasteiger partial charge in [0.15, 0.2) is 11.5 Å². The van der Waals surface area contributed by atoms with Crippen LogP contribution in [-0.2, 0) is 4.74 Å². The molecule has 0 unspecified atom stereocenters. The van der Waals surface area contributed by atoms with Gasteiger partial charge >= 0.3 is 0 Å². The van der Waals surface area contributed by atoms with Gasteiger partial charge in [0.25, 0.3) is 0 Å². The molecule has 5 heteroatoms. The number of aromatic hydroxyl groups is 1. The number of phenolic OH excluding ortho intramolecular Hbond substituents is 1. The van der Waals surface area contributed by atoms with E-state index in [0.29, 0.717) is 0 Å². The minimum absolute atomic E-state index is 0.0162. The van der Waals surface area contributed by atoms with Crippen molar-refractivity contribution < 1.29 is 24.5 Å². The smallest absolute Gasteiger partial charge is 0.232 e. The second-order valence-corrected chi connectivity index (χ2v) is 4.77. The Hall–Kier alpha value is -2.14. The van der Waals surface area contributed by atoms with Gasteiger partial charge in [0.1, 0.15) is 11.9 Å². The lowest BCUT2D eigenvalue weighted by Crippen LogP contribution is -2.23. The Morgan fingerprint density at radius 1 is 1.32 bits per heavy atom. The minimum atomic E-state index is -0.775. The zero-order valence-electron chi connectivity index (χ0n) is 10.2. The van der Waals surface area contributed by atoms with E-state index in [0.717, 1.165) is 0 Å². The highest BCUT2D eigenvalue weighted by Gasteiger charge is 2.42. The molecule has 0 saturated heterocycles. The van der Waals surface area contributed by atoms with Gasteiger partial charge in [-0.05, 0) is 13.0 Å². The Bertz CT molecular complexity index is 627. The molecule has 1 aromatic rings. The molecule has 0 fully saturated rings. The van der Waals surface area contributed by atoms with Crippen LogP contribution in [-0.4, -0.2) is 34.0 Å². The van der Waals surface area contributed by atoms with Gasteiger partial charge in [-0.2, -0.15) is 0 Å². The molecule has 2 aliphatic rings. The molecule has 1 heterocycles. The van der Waals surface area contributed by atoms with Gasteiger partial charge in [-0.15, -0.1) is 0 Å². The summed E-state index contributed by atoms with van der Waals surface area (Å²) in [5, 5.41) is 19.3. The number of carbonyl (C=O) groups excluding carboxylic acids is 2. The molecule has 1 aliphatic heterocycles. The van der Waals surface area contributed by atoms with Crippen LogP contribution in [0.25, 0.3) is 0 Å². The summed E-state index contributed by atoms with van der Waals surface area (Å²) in [6, 6.07) is 4.39. The van der Waals surface area contributed by atoms with Crippen molar-refractivity contribution in [2.24, 2.45) is 0 Å². The van der Waals surface area contributed by atoms with Crippen LogP contribution in [0.1, 0.15) is 34.1 Å². The Balaban J connectivity index is 2.10. The molecule has 0 spiro atoms. The third kappa shape index (κ3) is 1.58. The maximum atomic E-state index is 12.3. The number of Topliss-reactive ketones (excluding diaryl/α,β-unsaturated/α-hetero) is 2. The van der Waals surface area contributed by atoms with E-state index in [9.17, 15) is 19.8 Å². The van der Waals surface area contributed by atoms with Crippen molar-refractivity contribution in [1.29, 1.82) is 0 Å². The van der Waals surface area contributed by atoms with Crippen LogP contribution in [0.5, 0.6) is 5.75 Å². The van der Waals surface area contributed by atoms with E-state index >= 15 is 0 Å². The van der Waals surface area contributed by atoms with Crippen LogP contribution in [0.2, 0.25) is 0 Å². The van der Waals surface area contributed by atoms with Crippen molar-refractivity contribution in [3.05, 3.63) is 40.7 Å². The third-order valence-electron chi connectivity index (χ3n) is 3.48. The minimum Gasteiger partial charge on any atom is -0.507 e. The second kappa shape index (κ2) is 3.93. The topological polar surface area (TPSA) is 83.8 Å². The number of allylic oxidation sites excluding steroid dienone is 1. The third-order valence-corrected chi connectivity index (χ3v) is 3.48. The number of rotatable bonds is 1. The summed E-state index contributed by atoms with van der Waals surface area (Å²) in [5.41, 5.74) is 0.463. The number of phenols is 1. The van der Waals surface area contributed by atoms with Crippen molar-refractivity contribution in [3.63, 3.8) is 0 Å². The predicted molar refractivity (Wildman–Crippen MR) is 65.0 cm³/mol. The molecule has 3 rings (SSSR count). The maximum Gasteiger partial charge on any atom is 0.232 e. The van der Waals surface area contributed by atoms with E-state index in [-0.39, 0.29) is 40.4 Å². The number of aliphatic hydroxyl groups is 1. The van der Waals surface area contributed by atoms with E-state index in [1.807, 2.05) is 0 Å². The first kappa shape index (κ1) is 11.9. The number of aliphatic hydroxyl groups excluding tert-OH is 1. The molecule has 19 heavy (non-hydrogen) atoms. The molecule has 0 amide bonds. The standard InChI is InChI=1S/C14H12O5/c1-6(15)10-5-8-12(17)7-3-2-4-9(16)11(7)13(18)14(8)19-10/h2-4,6,10,15-16H,5H2,1H3/t6-,10+/m0/s1. The number of hydrogen-bond acceptors (Lipinski definition) is 5. The fraction of sp³-hybridized carbons (Fsp3) is 0.286. The van der Waals surface area contributed by atoms with E-state index in [1.54, 1.807) is 6.92 Å². The quantitative estimate of drug-likeness (QED) is 0.792. The van der Waals surface area contributed by atoms with Gasteiger partial charge in [0, 0.05) is 12.0 Å². The van der Waals surface area contributed by atoms with Gasteiger partial charge in [-0.25, -0.2) is 0 Å². The summed E-state index contributed by atoms with van der Waals surface area (Å²) in [4.78, 5) is 24.5. The number of ether oxygens (including phenoxy) is 1. The molecule has 2 atom stereocenters. The molecule has 98 valence electrons. The summed E-state index contributed by atoms with van der Waals surface area (Å²) in [6.45, 7) is 1.54. The highest BCUT2D eigenvalue weighted by molar-refractivity contribution is 6.27.